The number of imidazole rings is 1. The van der Waals surface area contributed by atoms with E-state index >= 15 is 0 Å². The molecule has 1 heterocycles. The number of aromatic nitrogens is 2. The second-order valence-corrected chi connectivity index (χ2v) is 8.40. The molecule has 0 saturated heterocycles. The predicted octanol–water partition coefficient (Wildman–Crippen LogP) is 6.25. The third kappa shape index (κ3) is 4.36. The highest BCUT2D eigenvalue weighted by atomic mass is 16.6. The van der Waals surface area contributed by atoms with Crippen molar-refractivity contribution < 1.29 is 9.66 Å². The summed E-state index contributed by atoms with van der Waals surface area (Å²) in [6.07, 6.45) is 4.40. The van der Waals surface area contributed by atoms with Crippen molar-refractivity contribution in [1.82, 2.24) is 9.55 Å². The maximum absolute atomic E-state index is 11.3. The summed E-state index contributed by atoms with van der Waals surface area (Å²) in [5.41, 5.74) is 3.50. The summed E-state index contributed by atoms with van der Waals surface area (Å²) in [6, 6.07) is 37.6. The van der Waals surface area contributed by atoms with Crippen molar-refractivity contribution in [3.63, 3.8) is 0 Å². The van der Waals surface area contributed by atoms with Crippen LogP contribution >= 0.6 is 0 Å². The molecule has 0 N–H and O–H groups in total. The standard InChI is InChI=1S/C30H25N3O3/c34-33(35)28-18-10-11-19-29(28)36-21-20-27-22-32(23-31-27)30(24-12-4-1-5-13-24,25-14-6-2-7-15-25)26-16-8-3-9-17-26/h1-19,22-23H,20-21H2. The number of nitro groups is 1. The van der Waals surface area contributed by atoms with E-state index in [2.05, 4.69) is 77.4 Å². The second-order valence-electron chi connectivity index (χ2n) is 8.40. The van der Waals surface area contributed by atoms with E-state index in [9.17, 15) is 10.1 Å². The number of benzene rings is 4. The first kappa shape index (κ1) is 23.1. The molecule has 0 fully saturated rings. The van der Waals surface area contributed by atoms with Gasteiger partial charge in [-0.1, -0.05) is 103 Å². The van der Waals surface area contributed by atoms with E-state index in [1.807, 2.05) is 30.7 Å². The quantitative estimate of drug-likeness (QED) is 0.143. The summed E-state index contributed by atoms with van der Waals surface area (Å²) < 4.78 is 7.91. The molecule has 0 aliphatic rings. The van der Waals surface area contributed by atoms with E-state index < -0.39 is 10.5 Å². The van der Waals surface area contributed by atoms with Gasteiger partial charge in [-0.25, -0.2) is 4.98 Å². The Balaban J connectivity index is 1.53. The van der Waals surface area contributed by atoms with Gasteiger partial charge < -0.3 is 9.30 Å². The van der Waals surface area contributed by atoms with E-state index in [-0.39, 0.29) is 18.0 Å². The van der Waals surface area contributed by atoms with Crippen LogP contribution in [-0.2, 0) is 12.0 Å². The first-order chi connectivity index (χ1) is 17.7. The normalized spacial score (nSPS) is 11.2. The summed E-state index contributed by atoms with van der Waals surface area (Å²) in [5.74, 6) is 0.258. The zero-order valence-electron chi connectivity index (χ0n) is 19.6. The number of hydrogen-bond donors (Lipinski definition) is 0. The van der Waals surface area contributed by atoms with Crippen LogP contribution in [0.1, 0.15) is 22.4 Å². The van der Waals surface area contributed by atoms with Gasteiger partial charge in [0.15, 0.2) is 5.75 Å². The number of para-hydroxylation sites is 2. The van der Waals surface area contributed by atoms with Gasteiger partial charge in [0.2, 0.25) is 0 Å². The average molecular weight is 476 g/mol. The summed E-state index contributed by atoms with van der Waals surface area (Å²) in [6.45, 7) is 0.275. The van der Waals surface area contributed by atoms with Crippen molar-refractivity contribution in [2.75, 3.05) is 6.61 Å². The van der Waals surface area contributed by atoms with Crippen LogP contribution < -0.4 is 4.74 Å². The number of hydrogen-bond acceptors (Lipinski definition) is 4. The predicted molar refractivity (Wildman–Crippen MR) is 139 cm³/mol. The van der Waals surface area contributed by atoms with Gasteiger partial charge in [-0.3, -0.25) is 10.1 Å². The van der Waals surface area contributed by atoms with E-state index in [0.717, 1.165) is 22.4 Å². The zero-order valence-corrected chi connectivity index (χ0v) is 19.6. The minimum Gasteiger partial charge on any atom is -0.486 e. The highest BCUT2D eigenvalue weighted by Crippen LogP contribution is 2.40. The topological polar surface area (TPSA) is 70.2 Å². The molecule has 0 amide bonds. The van der Waals surface area contributed by atoms with Gasteiger partial charge in [0.05, 0.1) is 23.6 Å². The maximum atomic E-state index is 11.3. The van der Waals surface area contributed by atoms with Crippen molar-refractivity contribution in [2.24, 2.45) is 0 Å². The molecule has 0 radical (unpaired) electrons. The molecule has 178 valence electrons. The monoisotopic (exact) mass is 475 g/mol. The molecule has 0 aliphatic heterocycles. The first-order valence-corrected chi connectivity index (χ1v) is 11.8. The third-order valence-electron chi connectivity index (χ3n) is 6.28. The lowest BCUT2D eigenvalue weighted by Crippen LogP contribution is -2.36. The molecule has 0 saturated carbocycles. The molecular formula is C30H25N3O3. The smallest absolute Gasteiger partial charge is 0.310 e. The van der Waals surface area contributed by atoms with E-state index in [0.29, 0.717) is 6.42 Å². The van der Waals surface area contributed by atoms with E-state index in [4.69, 9.17) is 9.72 Å². The summed E-state index contributed by atoms with van der Waals surface area (Å²) in [7, 11) is 0. The third-order valence-corrected chi connectivity index (χ3v) is 6.28. The molecular weight excluding hydrogens is 450 g/mol. The first-order valence-electron chi connectivity index (χ1n) is 11.8. The van der Waals surface area contributed by atoms with Crippen LogP contribution in [-0.4, -0.2) is 21.1 Å². The molecule has 6 heteroatoms. The Hall–Kier alpha value is -4.71. The number of ether oxygens (including phenoxy) is 1. The lowest BCUT2D eigenvalue weighted by atomic mass is 9.77. The highest BCUT2D eigenvalue weighted by Gasteiger charge is 2.38. The fourth-order valence-electron chi connectivity index (χ4n) is 4.66. The second kappa shape index (κ2) is 10.3. The van der Waals surface area contributed by atoms with Gasteiger partial charge >= 0.3 is 5.69 Å². The molecule has 0 atom stereocenters. The van der Waals surface area contributed by atoms with Gasteiger partial charge in [0.25, 0.3) is 0 Å². The lowest BCUT2D eigenvalue weighted by Gasteiger charge is -2.37. The largest absolute Gasteiger partial charge is 0.486 e. The van der Waals surface area contributed by atoms with Crippen LogP contribution in [0.2, 0.25) is 0 Å². The summed E-state index contributed by atoms with van der Waals surface area (Å²) >= 11 is 0. The lowest BCUT2D eigenvalue weighted by molar-refractivity contribution is -0.385. The number of rotatable bonds is 9. The molecule has 0 unspecified atom stereocenters. The maximum Gasteiger partial charge on any atom is 0.310 e. The molecule has 0 aliphatic carbocycles. The Morgan fingerprint density at radius 1 is 0.750 bits per heavy atom. The summed E-state index contributed by atoms with van der Waals surface area (Å²) in [5, 5.41) is 11.3. The van der Waals surface area contributed by atoms with E-state index in [1.54, 1.807) is 18.2 Å². The van der Waals surface area contributed by atoms with Crippen LogP contribution in [0.15, 0.2) is 128 Å². The highest BCUT2D eigenvalue weighted by molar-refractivity contribution is 5.51. The number of nitro benzene ring substituents is 1. The van der Waals surface area contributed by atoms with E-state index in [1.165, 1.54) is 6.07 Å². The van der Waals surface area contributed by atoms with Crippen LogP contribution in [0, 0.1) is 10.1 Å². The van der Waals surface area contributed by atoms with Crippen molar-refractivity contribution >= 4 is 5.69 Å². The average Bonchev–Trinajstić information content (AvgIpc) is 3.40. The fourth-order valence-corrected chi connectivity index (χ4v) is 4.66. The molecule has 0 bridgehead atoms. The minimum absolute atomic E-state index is 0.0423. The van der Waals surface area contributed by atoms with Crippen molar-refractivity contribution in [3.8, 4) is 5.75 Å². The van der Waals surface area contributed by atoms with Crippen molar-refractivity contribution in [1.29, 1.82) is 0 Å². The Morgan fingerprint density at radius 3 is 1.78 bits per heavy atom. The molecule has 5 rings (SSSR count). The Labute approximate surface area is 209 Å². The molecule has 5 aromatic rings. The van der Waals surface area contributed by atoms with Crippen molar-refractivity contribution in [3.05, 3.63) is 160 Å². The van der Waals surface area contributed by atoms with Gasteiger partial charge in [0.1, 0.15) is 5.54 Å². The Morgan fingerprint density at radius 2 is 1.25 bits per heavy atom. The van der Waals surface area contributed by atoms with Gasteiger partial charge in [-0.05, 0) is 22.8 Å². The van der Waals surface area contributed by atoms with Crippen molar-refractivity contribution in [2.45, 2.75) is 12.0 Å². The van der Waals surface area contributed by atoms with Gasteiger partial charge in [0, 0.05) is 18.7 Å². The van der Waals surface area contributed by atoms with Crippen LogP contribution in [0.25, 0.3) is 0 Å². The zero-order chi connectivity index (χ0) is 24.8. The fraction of sp³-hybridized carbons (Fsp3) is 0.100. The number of nitrogens with zero attached hydrogens (tertiary/aromatic N) is 3. The Kier molecular flexibility index (Phi) is 6.58. The van der Waals surface area contributed by atoms with Crippen LogP contribution in [0.3, 0.4) is 0 Å². The molecule has 4 aromatic carbocycles. The van der Waals surface area contributed by atoms with Gasteiger partial charge in [-0.15, -0.1) is 0 Å². The Bertz CT molecular complexity index is 1340. The minimum atomic E-state index is -0.631. The van der Waals surface area contributed by atoms with Gasteiger partial charge in [-0.2, -0.15) is 0 Å². The molecule has 0 spiro atoms. The molecule has 36 heavy (non-hydrogen) atoms. The van der Waals surface area contributed by atoms with Crippen LogP contribution in [0.5, 0.6) is 5.75 Å². The molecule has 1 aromatic heterocycles. The van der Waals surface area contributed by atoms with Crippen LogP contribution in [0.4, 0.5) is 5.69 Å². The summed E-state index contributed by atoms with van der Waals surface area (Å²) in [4.78, 5) is 15.5. The SMILES string of the molecule is O=[N+]([O-])c1ccccc1OCCc1cn(C(c2ccccc2)(c2ccccc2)c2ccccc2)cn1. The molecule has 6 nitrogen and oxygen atoms in total.